The molecule has 1 N–H and O–H groups in total. The van der Waals surface area contributed by atoms with Gasteiger partial charge in [-0.1, -0.05) is 30.3 Å². The Hall–Kier alpha value is -4.17. The van der Waals surface area contributed by atoms with Gasteiger partial charge in [0.1, 0.15) is 5.75 Å². The lowest BCUT2D eigenvalue weighted by Crippen LogP contribution is -2.29. The van der Waals surface area contributed by atoms with Crippen LogP contribution in [0, 0.1) is 13.8 Å². The van der Waals surface area contributed by atoms with E-state index in [0.717, 1.165) is 39.6 Å². The summed E-state index contributed by atoms with van der Waals surface area (Å²) in [6.07, 6.45) is 1.80. The van der Waals surface area contributed by atoms with Crippen LogP contribution in [-0.4, -0.2) is 39.8 Å². The molecule has 0 bridgehead atoms. The van der Waals surface area contributed by atoms with Crippen molar-refractivity contribution in [2.24, 2.45) is 0 Å². The number of nitrogens with zero attached hydrogens (tertiary/aromatic N) is 3. The molecule has 194 valence electrons. The fraction of sp³-hybridized carbons (Fsp3) is 0.233. The van der Waals surface area contributed by atoms with Crippen molar-refractivity contribution in [1.29, 1.82) is 0 Å². The van der Waals surface area contributed by atoms with Gasteiger partial charge >= 0.3 is 5.97 Å². The molecule has 0 saturated carbocycles. The second-order valence-corrected chi connectivity index (χ2v) is 9.66. The van der Waals surface area contributed by atoms with Gasteiger partial charge in [0.25, 0.3) is 0 Å². The number of aryl methyl sites for hydroxylation is 1. The number of pyridine rings is 1. The predicted octanol–water partition coefficient (Wildman–Crippen LogP) is 5.46. The van der Waals surface area contributed by atoms with Gasteiger partial charge in [0.05, 0.1) is 43.2 Å². The number of ether oxygens (including phenoxy) is 2. The van der Waals surface area contributed by atoms with Crippen LogP contribution in [0.15, 0.2) is 79.0 Å². The second kappa shape index (κ2) is 10.7. The summed E-state index contributed by atoms with van der Waals surface area (Å²) in [5, 5.41) is 4.20. The zero-order valence-electron chi connectivity index (χ0n) is 21.8. The molecule has 7 nitrogen and oxygen atoms in total. The Morgan fingerprint density at radius 3 is 2.45 bits per heavy atom. The van der Waals surface area contributed by atoms with Gasteiger partial charge in [-0.2, -0.15) is 0 Å². The number of carbonyl (C=O) groups is 1. The Morgan fingerprint density at radius 2 is 1.76 bits per heavy atom. The van der Waals surface area contributed by atoms with Gasteiger partial charge in [-0.3, -0.25) is 4.98 Å². The summed E-state index contributed by atoms with van der Waals surface area (Å²) in [7, 11) is 3.07. The summed E-state index contributed by atoms with van der Waals surface area (Å²) in [6, 6.07) is 23.4. The van der Waals surface area contributed by atoms with Crippen LogP contribution >= 0.6 is 12.2 Å². The maximum Gasteiger partial charge on any atom is 0.339 e. The molecule has 4 aromatic rings. The van der Waals surface area contributed by atoms with Crippen molar-refractivity contribution in [1.82, 2.24) is 19.8 Å². The van der Waals surface area contributed by atoms with Gasteiger partial charge < -0.3 is 24.3 Å². The van der Waals surface area contributed by atoms with Crippen molar-refractivity contribution in [3.05, 3.63) is 113 Å². The molecule has 5 rings (SSSR count). The number of nitrogens with one attached hydrogen (secondary N) is 1. The maximum absolute atomic E-state index is 12.6. The lowest BCUT2D eigenvalue weighted by Gasteiger charge is -2.28. The van der Waals surface area contributed by atoms with E-state index in [2.05, 4.69) is 51.8 Å². The van der Waals surface area contributed by atoms with Gasteiger partial charge in [0.2, 0.25) is 0 Å². The SMILES string of the molecule is COC(=O)c1ccccc1-n1c(C)cc([C@H]2[C@H](c3ccccn3)NC(=S)N2Cc2ccc(OC)cc2)c1C. The predicted molar refractivity (Wildman–Crippen MR) is 151 cm³/mol. The molecule has 1 aliphatic heterocycles. The van der Waals surface area contributed by atoms with E-state index in [1.165, 1.54) is 7.11 Å². The number of esters is 1. The number of para-hydroxylation sites is 1. The molecule has 1 aliphatic rings. The Balaban J connectivity index is 1.62. The zero-order valence-corrected chi connectivity index (χ0v) is 22.7. The third kappa shape index (κ3) is 4.63. The number of aromatic nitrogens is 2. The topological polar surface area (TPSA) is 68.6 Å². The van der Waals surface area contributed by atoms with Gasteiger partial charge in [-0.15, -0.1) is 0 Å². The first-order valence-electron chi connectivity index (χ1n) is 12.4. The molecule has 38 heavy (non-hydrogen) atoms. The second-order valence-electron chi connectivity index (χ2n) is 9.27. The molecule has 0 spiro atoms. The van der Waals surface area contributed by atoms with Crippen molar-refractivity contribution in [3.63, 3.8) is 0 Å². The number of hydrogen-bond acceptors (Lipinski definition) is 5. The smallest absolute Gasteiger partial charge is 0.339 e. The summed E-state index contributed by atoms with van der Waals surface area (Å²) >= 11 is 5.88. The molecule has 1 fully saturated rings. The fourth-order valence-corrected chi connectivity index (χ4v) is 5.56. The van der Waals surface area contributed by atoms with Gasteiger partial charge in [0.15, 0.2) is 5.11 Å². The number of rotatable bonds is 7. The molecule has 0 amide bonds. The first kappa shape index (κ1) is 25.5. The number of thiocarbonyl (C=S) groups is 1. The van der Waals surface area contributed by atoms with Crippen LogP contribution in [-0.2, 0) is 11.3 Å². The molecule has 2 aromatic carbocycles. The van der Waals surface area contributed by atoms with Gasteiger partial charge in [-0.05, 0) is 79.7 Å². The minimum absolute atomic E-state index is 0.121. The summed E-state index contributed by atoms with van der Waals surface area (Å²) in [5.74, 6) is 0.442. The summed E-state index contributed by atoms with van der Waals surface area (Å²) < 4.78 is 12.5. The summed E-state index contributed by atoms with van der Waals surface area (Å²) in [4.78, 5) is 19.5. The summed E-state index contributed by atoms with van der Waals surface area (Å²) in [5.41, 5.74) is 6.47. The number of hydrogen-bond donors (Lipinski definition) is 1. The molecule has 0 aliphatic carbocycles. The average Bonchev–Trinajstić information content (AvgIpc) is 3.43. The molecule has 3 heterocycles. The quantitative estimate of drug-likeness (QED) is 0.253. The molecule has 1 saturated heterocycles. The highest BCUT2D eigenvalue weighted by Gasteiger charge is 2.41. The number of benzene rings is 2. The van der Waals surface area contributed by atoms with Crippen molar-refractivity contribution in [2.75, 3.05) is 14.2 Å². The molecule has 8 heteroatoms. The van der Waals surface area contributed by atoms with Gasteiger partial charge in [0, 0.05) is 24.1 Å². The van der Waals surface area contributed by atoms with Crippen LogP contribution in [0.5, 0.6) is 5.75 Å². The van der Waals surface area contributed by atoms with E-state index in [1.54, 1.807) is 19.4 Å². The van der Waals surface area contributed by atoms with E-state index in [9.17, 15) is 4.79 Å². The zero-order chi connectivity index (χ0) is 26.8. The Labute approximate surface area is 228 Å². The highest BCUT2D eigenvalue weighted by atomic mass is 32.1. The van der Waals surface area contributed by atoms with Crippen molar-refractivity contribution < 1.29 is 14.3 Å². The van der Waals surface area contributed by atoms with Crippen molar-refractivity contribution in [2.45, 2.75) is 32.5 Å². The highest BCUT2D eigenvalue weighted by Crippen LogP contribution is 2.42. The van der Waals surface area contributed by atoms with Gasteiger partial charge in [-0.25, -0.2) is 4.79 Å². The number of methoxy groups -OCH3 is 2. The largest absolute Gasteiger partial charge is 0.497 e. The molecule has 0 radical (unpaired) electrons. The normalized spacial score (nSPS) is 16.8. The van der Waals surface area contributed by atoms with E-state index in [-0.39, 0.29) is 18.1 Å². The minimum Gasteiger partial charge on any atom is -0.497 e. The van der Waals surface area contributed by atoms with E-state index < -0.39 is 0 Å². The Kier molecular flexibility index (Phi) is 7.15. The fourth-order valence-electron chi connectivity index (χ4n) is 5.25. The van der Waals surface area contributed by atoms with Crippen molar-refractivity contribution in [3.8, 4) is 11.4 Å². The molecule has 0 unspecified atom stereocenters. The first-order valence-corrected chi connectivity index (χ1v) is 12.8. The van der Waals surface area contributed by atoms with Crippen LogP contribution < -0.4 is 10.1 Å². The van der Waals surface area contributed by atoms with E-state index in [4.69, 9.17) is 21.7 Å². The lowest BCUT2D eigenvalue weighted by atomic mass is 9.96. The molecule has 2 aromatic heterocycles. The Bertz CT molecular complexity index is 1470. The average molecular weight is 527 g/mol. The molecule has 2 atom stereocenters. The third-order valence-electron chi connectivity index (χ3n) is 7.05. The monoisotopic (exact) mass is 526 g/mol. The van der Waals surface area contributed by atoms with E-state index >= 15 is 0 Å². The number of carbonyl (C=O) groups excluding carboxylic acids is 1. The van der Waals surface area contributed by atoms with Crippen LogP contribution in [0.3, 0.4) is 0 Å². The third-order valence-corrected chi connectivity index (χ3v) is 7.40. The molecular formula is C30H30N4O3S. The van der Waals surface area contributed by atoms with Crippen LogP contribution in [0.2, 0.25) is 0 Å². The minimum atomic E-state index is -0.370. The van der Waals surface area contributed by atoms with E-state index in [1.807, 2.05) is 48.5 Å². The lowest BCUT2D eigenvalue weighted by molar-refractivity contribution is 0.0600. The Morgan fingerprint density at radius 1 is 1.03 bits per heavy atom. The molecular weight excluding hydrogens is 496 g/mol. The van der Waals surface area contributed by atoms with Crippen LogP contribution in [0.1, 0.15) is 50.7 Å². The standard InChI is InChI=1S/C30H30N4O3S/c1-19-17-24(20(2)34(19)26-11-6-5-9-23(26)29(35)37-4)28-27(25-10-7-8-16-31-25)32-30(38)33(28)18-21-12-14-22(36-3)15-13-21/h5-17,27-28H,18H2,1-4H3,(H,32,38)/t27-,28-/m0/s1. The summed E-state index contributed by atoms with van der Waals surface area (Å²) in [6.45, 7) is 4.75. The van der Waals surface area contributed by atoms with Crippen LogP contribution in [0.4, 0.5) is 0 Å². The maximum atomic E-state index is 12.6. The van der Waals surface area contributed by atoms with Crippen molar-refractivity contribution >= 4 is 23.3 Å². The van der Waals surface area contributed by atoms with Crippen LogP contribution in [0.25, 0.3) is 5.69 Å². The first-order chi connectivity index (χ1) is 18.4. The highest BCUT2D eigenvalue weighted by molar-refractivity contribution is 7.80. The van der Waals surface area contributed by atoms with E-state index in [0.29, 0.717) is 17.2 Å².